The zero-order chi connectivity index (χ0) is 12.2. The molecule has 3 heteroatoms. The number of furan rings is 1. The predicted octanol–water partition coefficient (Wildman–Crippen LogP) is 3.68. The van der Waals surface area contributed by atoms with Crippen LogP contribution in [0, 0.1) is 0 Å². The summed E-state index contributed by atoms with van der Waals surface area (Å²) >= 11 is 2.07. The third kappa shape index (κ3) is 1.54. The highest BCUT2D eigenvalue weighted by Gasteiger charge is 2.45. The minimum Gasteiger partial charge on any atom is -0.464 e. The lowest BCUT2D eigenvalue weighted by Gasteiger charge is -2.35. The molecule has 0 spiro atoms. The van der Waals surface area contributed by atoms with Gasteiger partial charge in [0.25, 0.3) is 0 Å². The van der Waals surface area contributed by atoms with Gasteiger partial charge < -0.3 is 9.52 Å². The Kier molecular flexibility index (Phi) is 2.30. The van der Waals surface area contributed by atoms with Crippen molar-refractivity contribution >= 4 is 22.7 Å². The Hall–Kier alpha value is -0.930. The van der Waals surface area contributed by atoms with Crippen LogP contribution in [0.1, 0.15) is 31.2 Å². The Bertz CT molecular complexity index is 577. The molecule has 1 N–H and O–H groups in total. The summed E-state index contributed by atoms with van der Waals surface area (Å²) in [4.78, 5) is 0. The Morgan fingerprint density at radius 3 is 2.67 bits per heavy atom. The highest BCUT2D eigenvalue weighted by molar-refractivity contribution is 8.00. The monoisotopic (exact) mass is 260 g/mol. The quantitative estimate of drug-likeness (QED) is 0.849. The molecule has 2 fully saturated rings. The minimum absolute atomic E-state index is 0.627. The summed E-state index contributed by atoms with van der Waals surface area (Å²) in [7, 11) is 0. The fraction of sp³-hybridized carbons (Fsp3) is 0.467. The van der Waals surface area contributed by atoms with Crippen molar-refractivity contribution in [3.63, 3.8) is 0 Å². The van der Waals surface area contributed by atoms with E-state index in [1.165, 1.54) is 12.8 Å². The second-order valence-electron chi connectivity index (χ2n) is 5.54. The van der Waals surface area contributed by atoms with Crippen molar-refractivity contribution in [2.75, 3.05) is 0 Å². The van der Waals surface area contributed by atoms with Gasteiger partial charge in [0.15, 0.2) is 0 Å². The molecule has 1 aromatic heterocycles. The molecule has 0 amide bonds. The summed E-state index contributed by atoms with van der Waals surface area (Å²) in [5.41, 5.74) is 1.20. The van der Waals surface area contributed by atoms with Crippen LogP contribution in [0.2, 0.25) is 0 Å². The Morgan fingerprint density at radius 1 is 1.17 bits per heavy atom. The normalized spacial score (nSPS) is 35.2. The highest BCUT2D eigenvalue weighted by atomic mass is 32.2. The van der Waals surface area contributed by atoms with Crippen molar-refractivity contribution in [1.82, 2.24) is 0 Å². The molecule has 0 aliphatic carbocycles. The molecule has 94 valence electrons. The molecule has 2 unspecified atom stereocenters. The molecule has 2 aliphatic rings. The van der Waals surface area contributed by atoms with Crippen LogP contribution in [0.15, 0.2) is 34.9 Å². The van der Waals surface area contributed by atoms with Gasteiger partial charge in [0.1, 0.15) is 5.58 Å². The first-order valence-electron chi connectivity index (χ1n) is 6.59. The maximum Gasteiger partial charge on any atom is 0.134 e. The largest absolute Gasteiger partial charge is 0.464 e. The Balaban J connectivity index is 1.82. The van der Waals surface area contributed by atoms with E-state index < -0.39 is 5.60 Å². The molecule has 2 saturated heterocycles. The van der Waals surface area contributed by atoms with Gasteiger partial charge in [-0.25, -0.2) is 0 Å². The number of thioether (sulfide) groups is 1. The second kappa shape index (κ2) is 3.78. The first-order valence-corrected chi connectivity index (χ1v) is 7.53. The van der Waals surface area contributed by atoms with E-state index in [4.69, 9.17) is 4.42 Å². The van der Waals surface area contributed by atoms with Crippen LogP contribution in [-0.4, -0.2) is 15.6 Å². The smallest absolute Gasteiger partial charge is 0.134 e. The SMILES string of the molecule is OC1(c2coc3ccccc23)CC2CCC(C1)S2. The van der Waals surface area contributed by atoms with Gasteiger partial charge in [-0.15, -0.1) is 0 Å². The van der Waals surface area contributed by atoms with Crippen LogP contribution in [-0.2, 0) is 5.60 Å². The molecule has 2 aliphatic heterocycles. The van der Waals surface area contributed by atoms with Crippen molar-refractivity contribution in [3.05, 3.63) is 36.1 Å². The maximum absolute atomic E-state index is 11.0. The third-order valence-corrected chi connectivity index (χ3v) is 5.88. The van der Waals surface area contributed by atoms with Crippen molar-refractivity contribution in [2.45, 2.75) is 41.8 Å². The summed E-state index contributed by atoms with van der Waals surface area (Å²) in [6.45, 7) is 0. The number of hydrogen-bond acceptors (Lipinski definition) is 3. The van der Waals surface area contributed by atoms with Crippen molar-refractivity contribution in [2.24, 2.45) is 0 Å². The molecule has 0 radical (unpaired) electrons. The number of benzene rings is 1. The Labute approximate surface area is 110 Å². The van der Waals surface area contributed by atoms with Crippen LogP contribution >= 0.6 is 11.8 Å². The van der Waals surface area contributed by atoms with Crippen LogP contribution in [0.4, 0.5) is 0 Å². The molecular weight excluding hydrogens is 244 g/mol. The maximum atomic E-state index is 11.0. The molecule has 0 saturated carbocycles. The van der Waals surface area contributed by atoms with Crippen molar-refractivity contribution < 1.29 is 9.52 Å². The van der Waals surface area contributed by atoms with E-state index >= 15 is 0 Å². The lowest BCUT2D eigenvalue weighted by molar-refractivity contribution is 0.0203. The van der Waals surface area contributed by atoms with E-state index in [9.17, 15) is 5.11 Å². The highest BCUT2D eigenvalue weighted by Crippen LogP contribution is 2.52. The van der Waals surface area contributed by atoms with E-state index in [-0.39, 0.29) is 0 Å². The molecule has 2 aromatic rings. The van der Waals surface area contributed by atoms with Gasteiger partial charge in [-0.2, -0.15) is 11.8 Å². The summed E-state index contributed by atoms with van der Waals surface area (Å²) in [6, 6.07) is 8.00. The fourth-order valence-electron chi connectivity index (χ4n) is 3.48. The van der Waals surface area contributed by atoms with Gasteiger partial charge in [-0.3, -0.25) is 0 Å². The van der Waals surface area contributed by atoms with Gasteiger partial charge in [-0.05, 0) is 31.7 Å². The molecule has 2 nitrogen and oxygen atoms in total. The summed E-state index contributed by atoms with van der Waals surface area (Å²) < 4.78 is 5.59. The number of fused-ring (bicyclic) bond motifs is 3. The zero-order valence-electron chi connectivity index (χ0n) is 10.1. The van der Waals surface area contributed by atoms with Crippen molar-refractivity contribution in [3.8, 4) is 0 Å². The first kappa shape index (κ1) is 10.9. The van der Waals surface area contributed by atoms with E-state index in [0.717, 1.165) is 29.4 Å². The summed E-state index contributed by atoms with van der Waals surface area (Å²) in [6.07, 6.45) is 6.02. The molecule has 2 atom stereocenters. The number of aliphatic hydroxyl groups is 1. The third-order valence-electron chi connectivity index (χ3n) is 4.31. The minimum atomic E-state index is -0.677. The van der Waals surface area contributed by atoms with E-state index in [1.54, 1.807) is 6.26 Å². The van der Waals surface area contributed by atoms with E-state index in [2.05, 4.69) is 17.8 Å². The lowest BCUT2D eigenvalue weighted by Crippen LogP contribution is -2.34. The molecule has 18 heavy (non-hydrogen) atoms. The molecule has 3 heterocycles. The van der Waals surface area contributed by atoms with Gasteiger partial charge in [0.2, 0.25) is 0 Å². The van der Waals surface area contributed by atoms with Gasteiger partial charge in [-0.1, -0.05) is 18.2 Å². The van der Waals surface area contributed by atoms with Crippen LogP contribution < -0.4 is 0 Å². The number of rotatable bonds is 1. The summed E-state index contributed by atoms with van der Waals surface area (Å²) in [5, 5.41) is 13.4. The van der Waals surface area contributed by atoms with E-state index in [1.807, 2.05) is 18.2 Å². The number of para-hydroxylation sites is 1. The van der Waals surface area contributed by atoms with Crippen molar-refractivity contribution in [1.29, 1.82) is 0 Å². The van der Waals surface area contributed by atoms with Gasteiger partial charge >= 0.3 is 0 Å². The molecule has 1 aromatic carbocycles. The average molecular weight is 260 g/mol. The molecule has 4 rings (SSSR count). The Morgan fingerprint density at radius 2 is 1.89 bits per heavy atom. The summed E-state index contributed by atoms with van der Waals surface area (Å²) in [5.74, 6) is 0. The predicted molar refractivity (Wildman–Crippen MR) is 73.7 cm³/mol. The van der Waals surface area contributed by atoms with Crippen LogP contribution in [0.5, 0.6) is 0 Å². The first-order chi connectivity index (χ1) is 8.74. The average Bonchev–Trinajstić information content (AvgIpc) is 2.93. The van der Waals surface area contributed by atoms with Crippen LogP contribution in [0.25, 0.3) is 11.0 Å². The van der Waals surface area contributed by atoms with Crippen LogP contribution in [0.3, 0.4) is 0 Å². The zero-order valence-corrected chi connectivity index (χ0v) is 11.0. The van der Waals surface area contributed by atoms with Gasteiger partial charge in [0, 0.05) is 21.4 Å². The van der Waals surface area contributed by atoms with E-state index in [0.29, 0.717) is 10.5 Å². The standard InChI is InChI=1S/C15H16O2S/c16-15(7-10-5-6-11(8-15)18-10)13-9-17-14-4-2-1-3-12(13)14/h1-4,9-11,16H,5-8H2. The topological polar surface area (TPSA) is 33.4 Å². The second-order valence-corrected chi connectivity index (χ2v) is 7.15. The lowest BCUT2D eigenvalue weighted by atomic mass is 9.86. The molecular formula is C15H16O2S. The number of hydrogen-bond donors (Lipinski definition) is 1. The molecule has 2 bridgehead atoms. The fourth-order valence-corrected chi connectivity index (χ4v) is 5.31. The van der Waals surface area contributed by atoms with Gasteiger partial charge in [0.05, 0.1) is 11.9 Å².